The lowest BCUT2D eigenvalue weighted by Gasteiger charge is -2.35. The predicted molar refractivity (Wildman–Crippen MR) is 105 cm³/mol. The zero-order valence-electron chi connectivity index (χ0n) is 15.8. The Labute approximate surface area is 169 Å². The quantitative estimate of drug-likeness (QED) is 0.460. The Hall–Kier alpha value is -2.46. The molecule has 8 nitrogen and oxygen atoms in total. The summed E-state index contributed by atoms with van der Waals surface area (Å²) in [5.74, 6) is -0.327. The first-order valence-electron chi connectivity index (χ1n) is 9.32. The van der Waals surface area contributed by atoms with Crippen LogP contribution in [0.3, 0.4) is 0 Å². The Morgan fingerprint density at radius 1 is 1.14 bits per heavy atom. The van der Waals surface area contributed by atoms with E-state index in [1.807, 2.05) is 30.3 Å². The minimum Gasteiger partial charge on any atom is -0.493 e. The molecule has 3 rings (SSSR count). The summed E-state index contributed by atoms with van der Waals surface area (Å²) in [5.41, 5.74) is 2.62. The Bertz CT molecular complexity index is 918. The van der Waals surface area contributed by atoms with Gasteiger partial charge in [0.05, 0.1) is 17.6 Å². The van der Waals surface area contributed by atoms with E-state index in [9.17, 15) is 18.3 Å². The number of aliphatic hydroxyl groups excluding tert-OH is 1. The van der Waals surface area contributed by atoms with Crippen LogP contribution >= 0.6 is 0 Å². The van der Waals surface area contributed by atoms with Gasteiger partial charge in [-0.15, -0.1) is 0 Å². The Kier molecular flexibility index (Phi) is 6.86. The van der Waals surface area contributed by atoms with Crippen LogP contribution in [0.15, 0.2) is 59.5 Å². The van der Waals surface area contributed by atoms with E-state index < -0.39 is 28.1 Å². The summed E-state index contributed by atoms with van der Waals surface area (Å²) in [6.45, 7) is 0.440. The lowest BCUT2D eigenvalue weighted by molar-refractivity contribution is -0.135. The number of hydrogen-bond acceptors (Lipinski definition) is 6. The minimum absolute atomic E-state index is 0.0139. The van der Waals surface area contributed by atoms with Crippen LogP contribution in [-0.4, -0.2) is 54.2 Å². The Morgan fingerprint density at radius 2 is 1.83 bits per heavy atom. The van der Waals surface area contributed by atoms with E-state index in [1.165, 1.54) is 17.6 Å². The summed E-state index contributed by atoms with van der Waals surface area (Å²) >= 11 is 0. The maximum Gasteiger partial charge on any atom is 0.261 e. The molecule has 2 unspecified atom stereocenters. The largest absolute Gasteiger partial charge is 0.493 e. The van der Waals surface area contributed by atoms with Crippen molar-refractivity contribution in [3.8, 4) is 5.75 Å². The van der Waals surface area contributed by atoms with E-state index in [2.05, 4.69) is 0 Å². The fourth-order valence-electron chi connectivity index (χ4n) is 3.30. The molecule has 2 aromatic carbocycles. The highest BCUT2D eigenvalue weighted by Crippen LogP contribution is 2.27. The van der Waals surface area contributed by atoms with Crippen molar-refractivity contribution in [2.24, 2.45) is 0 Å². The molecule has 0 aromatic heterocycles. The first kappa shape index (κ1) is 21.3. The third-order valence-electron chi connectivity index (χ3n) is 4.87. The molecular weight excluding hydrogens is 396 g/mol. The molecule has 0 spiro atoms. The summed E-state index contributed by atoms with van der Waals surface area (Å²) in [6.07, 6.45) is 0.0697. The van der Waals surface area contributed by atoms with Gasteiger partial charge in [0.15, 0.2) is 0 Å². The zero-order valence-corrected chi connectivity index (χ0v) is 16.6. The minimum atomic E-state index is -3.98. The highest BCUT2D eigenvalue weighted by molar-refractivity contribution is 7.89. The Morgan fingerprint density at radius 3 is 2.48 bits per heavy atom. The second kappa shape index (κ2) is 9.36. The molecule has 0 saturated carbocycles. The predicted octanol–water partition coefficient (Wildman–Crippen LogP) is 1.33. The van der Waals surface area contributed by atoms with Gasteiger partial charge in [0.2, 0.25) is 10.0 Å². The molecule has 2 aromatic rings. The van der Waals surface area contributed by atoms with Gasteiger partial charge in [0.25, 0.3) is 5.91 Å². The molecule has 2 atom stereocenters. The maximum atomic E-state index is 13.0. The van der Waals surface area contributed by atoms with Crippen molar-refractivity contribution in [2.45, 2.75) is 36.3 Å². The molecule has 9 heteroatoms. The van der Waals surface area contributed by atoms with E-state index >= 15 is 0 Å². The number of amides is 1. The number of hydroxylamine groups is 1. The molecule has 0 aliphatic carbocycles. The van der Waals surface area contributed by atoms with Gasteiger partial charge in [0, 0.05) is 13.0 Å². The van der Waals surface area contributed by atoms with Crippen LogP contribution in [0.5, 0.6) is 5.75 Å². The third-order valence-corrected chi connectivity index (χ3v) is 6.79. The second-order valence-electron chi connectivity index (χ2n) is 6.84. The summed E-state index contributed by atoms with van der Waals surface area (Å²) in [5, 5.41) is 18.7. The SMILES string of the molecule is O=C(NO)C1CC(O)CCN1S(=O)(=O)c1ccc(OCCc2ccccc2)cc1. The molecule has 1 heterocycles. The number of nitrogens with one attached hydrogen (secondary N) is 1. The van der Waals surface area contributed by atoms with Gasteiger partial charge < -0.3 is 9.84 Å². The first-order valence-corrected chi connectivity index (χ1v) is 10.8. The van der Waals surface area contributed by atoms with Crippen LogP contribution in [0.4, 0.5) is 0 Å². The van der Waals surface area contributed by atoms with Crippen LogP contribution in [0, 0.1) is 0 Å². The van der Waals surface area contributed by atoms with E-state index in [0.29, 0.717) is 12.4 Å². The molecule has 3 N–H and O–H groups in total. The van der Waals surface area contributed by atoms with Crippen molar-refractivity contribution in [1.29, 1.82) is 0 Å². The molecule has 156 valence electrons. The number of sulfonamides is 1. The summed E-state index contributed by atoms with van der Waals surface area (Å²) in [4.78, 5) is 11.9. The summed E-state index contributed by atoms with van der Waals surface area (Å²) in [6, 6.07) is 14.7. The number of benzene rings is 2. The van der Waals surface area contributed by atoms with Crippen LogP contribution < -0.4 is 10.2 Å². The average molecular weight is 420 g/mol. The highest BCUT2D eigenvalue weighted by Gasteiger charge is 2.40. The fraction of sp³-hybridized carbons (Fsp3) is 0.350. The number of piperidine rings is 1. The van der Waals surface area contributed by atoms with Gasteiger partial charge in [0.1, 0.15) is 11.8 Å². The van der Waals surface area contributed by atoms with E-state index in [-0.39, 0.29) is 24.3 Å². The third kappa shape index (κ3) is 5.13. The van der Waals surface area contributed by atoms with Crippen LogP contribution in [0.1, 0.15) is 18.4 Å². The molecule has 0 bridgehead atoms. The molecule has 1 aliphatic rings. The normalized spacial score (nSPS) is 20.2. The number of nitrogens with zero attached hydrogens (tertiary/aromatic N) is 1. The van der Waals surface area contributed by atoms with E-state index in [4.69, 9.17) is 9.94 Å². The monoisotopic (exact) mass is 420 g/mol. The average Bonchev–Trinajstić information content (AvgIpc) is 2.74. The molecule has 29 heavy (non-hydrogen) atoms. The van der Waals surface area contributed by atoms with Crippen molar-refractivity contribution in [3.63, 3.8) is 0 Å². The number of rotatable bonds is 7. The molecule has 1 aliphatic heterocycles. The van der Waals surface area contributed by atoms with Gasteiger partial charge >= 0.3 is 0 Å². The fourth-order valence-corrected chi connectivity index (χ4v) is 4.91. The van der Waals surface area contributed by atoms with Crippen molar-refractivity contribution in [2.75, 3.05) is 13.2 Å². The standard InChI is InChI=1S/C20H24N2O6S/c23-16-10-12-22(19(14-16)20(24)21-25)29(26,27)18-8-6-17(7-9-18)28-13-11-15-4-2-1-3-5-15/h1-9,16,19,23,25H,10-14H2,(H,21,24). The highest BCUT2D eigenvalue weighted by atomic mass is 32.2. The maximum absolute atomic E-state index is 13.0. The molecule has 1 amide bonds. The van der Waals surface area contributed by atoms with Crippen LogP contribution in [-0.2, 0) is 21.2 Å². The van der Waals surface area contributed by atoms with Crippen molar-refractivity contribution < 1.29 is 28.3 Å². The topological polar surface area (TPSA) is 116 Å². The molecule has 0 radical (unpaired) electrons. The number of aliphatic hydroxyl groups is 1. The molecule has 1 fully saturated rings. The lowest BCUT2D eigenvalue weighted by atomic mass is 10.0. The molecule has 1 saturated heterocycles. The van der Waals surface area contributed by atoms with E-state index in [0.717, 1.165) is 16.3 Å². The van der Waals surface area contributed by atoms with Gasteiger partial charge in [-0.25, -0.2) is 13.9 Å². The summed E-state index contributed by atoms with van der Waals surface area (Å²) < 4.78 is 32.6. The second-order valence-corrected chi connectivity index (χ2v) is 8.73. The first-order chi connectivity index (χ1) is 13.9. The molecular formula is C20H24N2O6S. The zero-order chi connectivity index (χ0) is 20.9. The van der Waals surface area contributed by atoms with Crippen molar-refractivity contribution in [1.82, 2.24) is 9.79 Å². The van der Waals surface area contributed by atoms with Crippen molar-refractivity contribution in [3.05, 3.63) is 60.2 Å². The van der Waals surface area contributed by atoms with Crippen molar-refractivity contribution >= 4 is 15.9 Å². The number of ether oxygens (including phenoxy) is 1. The smallest absolute Gasteiger partial charge is 0.261 e. The number of hydrogen-bond donors (Lipinski definition) is 3. The summed E-state index contributed by atoms with van der Waals surface area (Å²) in [7, 11) is -3.98. The van der Waals surface area contributed by atoms with Gasteiger partial charge in [-0.3, -0.25) is 10.0 Å². The Balaban J connectivity index is 1.68. The van der Waals surface area contributed by atoms with Crippen LogP contribution in [0.2, 0.25) is 0 Å². The van der Waals surface area contributed by atoms with E-state index in [1.54, 1.807) is 12.1 Å². The number of carbonyl (C=O) groups excluding carboxylic acids is 1. The van der Waals surface area contributed by atoms with Gasteiger partial charge in [-0.05, 0) is 42.7 Å². The van der Waals surface area contributed by atoms with Gasteiger partial charge in [-0.1, -0.05) is 30.3 Å². The lowest BCUT2D eigenvalue weighted by Crippen LogP contribution is -2.54. The van der Waals surface area contributed by atoms with Crippen LogP contribution in [0.25, 0.3) is 0 Å². The van der Waals surface area contributed by atoms with Gasteiger partial charge in [-0.2, -0.15) is 4.31 Å². The number of carbonyl (C=O) groups is 1.